The Balaban J connectivity index is 0. The van der Waals surface area contributed by atoms with E-state index in [4.69, 9.17) is 5.11 Å². The van der Waals surface area contributed by atoms with Gasteiger partial charge in [0.1, 0.15) is 5.75 Å². The zero-order chi connectivity index (χ0) is 11.6. The van der Waals surface area contributed by atoms with Crippen LogP contribution in [0.25, 0.3) is 0 Å². The van der Waals surface area contributed by atoms with Crippen LogP contribution in [0.2, 0.25) is 0 Å². The molecule has 0 saturated heterocycles. The molecule has 0 atom stereocenters. The zero-order valence-corrected chi connectivity index (χ0v) is 11.6. The van der Waals surface area contributed by atoms with E-state index < -0.39 is 26.5 Å². The van der Waals surface area contributed by atoms with Crippen LogP contribution in [0.15, 0.2) is 18.2 Å². The molecule has 1 aromatic rings. The predicted molar refractivity (Wildman–Crippen MR) is 51.8 cm³/mol. The van der Waals surface area contributed by atoms with E-state index in [2.05, 4.69) is 0 Å². The van der Waals surface area contributed by atoms with Crippen LogP contribution >= 0.6 is 0 Å². The molecule has 17 heavy (non-hydrogen) atoms. The van der Waals surface area contributed by atoms with Crippen molar-refractivity contribution >= 4 is 15.8 Å². The van der Waals surface area contributed by atoms with Gasteiger partial charge in [-0.05, 0) is 6.07 Å². The number of aromatic hydroxyl groups is 1. The fourth-order valence-corrected chi connectivity index (χ4v) is 1.60. The van der Waals surface area contributed by atoms with Gasteiger partial charge in [-0.1, -0.05) is 0 Å². The molecule has 0 spiro atoms. The molecule has 10 heteroatoms. The number of rotatable bonds is 3. The molecule has 8 nitrogen and oxygen atoms in total. The van der Waals surface area contributed by atoms with Gasteiger partial charge >= 0.3 is 29.6 Å². The number of nitro groups is 1. The van der Waals surface area contributed by atoms with Gasteiger partial charge in [0.25, 0.3) is 5.69 Å². The van der Waals surface area contributed by atoms with E-state index in [0.717, 1.165) is 18.2 Å². The van der Waals surface area contributed by atoms with Crippen molar-refractivity contribution in [2.45, 2.75) is 5.75 Å². The summed E-state index contributed by atoms with van der Waals surface area (Å²) in [6.07, 6.45) is 0. The SMILES string of the molecule is O.O=[N+]([O-])c1ccc(O)c(CS(=O)(=O)[O-])c1.[Na+]. The third-order valence-electron chi connectivity index (χ3n) is 1.61. The molecule has 1 aromatic carbocycles. The minimum Gasteiger partial charge on any atom is -0.748 e. The summed E-state index contributed by atoms with van der Waals surface area (Å²) >= 11 is 0. The number of nitro benzene ring substituents is 1. The summed E-state index contributed by atoms with van der Waals surface area (Å²) in [5, 5.41) is 19.5. The average molecular weight is 273 g/mol. The second-order valence-electron chi connectivity index (χ2n) is 2.77. The van der Waals surface area contributed by atoms with E-state index in [1.54, 1.807) is 0 Å². The first-order chi connectivity index (χ1) is 6.79. The Morgan fingerprint density at radius 3 is 2.29 bits per heavy atom. The van der Waals surface area contributed by atoms with Crippen LogP contribution in [-0.4, -0.2) is 28.5 Å². The fourth-order valence-electron chi connectivity index (χ4n) is 0.992. The molecule has 0 aliphatic heterocycles. The molecule has 0 heterocycles. The maximum atomic E-state index is 10.4. The van der Waals surface area contributed by atoms with E-state index in [1.807, 2.05) is 0 Å². The molecule has 0 aromatic heterocycles. The fraction of sp³-hybridized carbons (Fsp3) is 0.143. The molecule has 0 bridgehead atoms. The van der Waals surface area contributed by atoms with Crippen LogP contribution in [0.5, 0.6) is 5.75 Å². The van der Waals surface area contributed by atoms with Gasteiger partial charge < -0.3 is 15.1 Å². The Kier molecular flexibility index (Phi) is 7.56. The van der Waals surface area contributed by atoms with Gasteiger partial charge in [0.2, 0.25) is 0 Å². The molecule has 0 amide bonds. The topological polar surface area (TPSA) is 152 Å². The molecule has 0 radical (unpaired) electrons. The summed E-state index contributed by atoms with van der Waals surface area (Å²) < 4.78 is 31.2. The first-order valence-corrected chi connectivity index (χ1v) is 5.27. The minimum absolute atomic E-state index is 0. The smallest absolute Gasteiger partial charge is 0.748 e. The Hall–Kier alpha value is -0.710. The van der Waals surface area contributed by atoms with Crippen molar-refractivity contribution in [3.05, 3.63) is 33.9 Å². The molecule has 0 unspecified atom stereocenters. The van der Waals surface area contributed by atoms with Crippen molar-refractivity contribution in [3.63, 3.8) is 0 Å². The summed E-state index contributed by atoms with van der Waals surface area (Å²) in [6.45, 7) is 0. The van der Waals surface area contributed by atoms with Crippen molar-refractivity contribution in [3.8, 4) is 5.75 Å². The first-order valence-electron chi connectivity index (χ1n) is 3.69. The third-order valence-corrected chi connectivity index (χ3v) is 2.27. The summed E-state index contributed by atoms with van der Waals surface area (Å²) in [5.41, 5.74) is -0.661. The van der Waals surface area contributed by atoms with Crippen LogP contribution in [0.3, 0.4) is 0 Å². The number of benzene rings is 1. The number of phenols is 1. The van der Waals surface area contributed by atoms with Crippen molar-refractivity contribution in [2.24, 2.45) is 0 Å². The Morgan fingerprint density at radius 2 is 1.88 bits per heavy atom. The maximum Gasteiger partial charge on any atom is 1.00 e. The normalized spacial score (nSPS) is 9.94. The molecule has 1 rings (SSSR count). The standard InChI is InChI=1S/C7H7NO6S.Na.H2O/c9-7-2-1-6(8(10)11)3-5(7)4-15(12,13)14;;/h1-3,9H,4H2,(H,12,13,14);;1H2/q;+1;/p-1. The molecular formula is C7H8NNaO7S. The maximum absolute atomic E-state index is 10.4. The van der Waals surface area contributed by atoms with E-state index in [-0.39, 0.29) is 46.3 Å². The van der Waals surface area contributed by atoms with Crippen LogP contribution < -0.4 is 29.6 Å². The molecule has 90 valence electrons. The largest absolute Gasteiger partial charge is 1.00 e. The molecule has 0 saturated carbocycles. The number of phenolic OH excluding ortho intramolecular Hbond substituents is 1. The molecule has 0 aliphatic rings. The van der Waals surface area contributed by atoms with Crippen molar-refractivity contribution < 1.29 is 58.0 Å². The quantitative estimate of drug-likeness (QED) is 0.261. The second kappa shape index (κ2) is 6.89. The Labute approximate surface area is 119 Å². The van der Waals surface area contributed by atoms with Crippen molar-refractivity contribution in [2.75, 3.05) is 0 Å². The summed E-state index contributed by atoms with van der Waals surface area (Å²) in [7, 11) is -4.57. The summed E-state index contributed by atoms with van der Waals surface area (Å²) in [5.74, 6) is -1.43. The van der Waals surface area contributed by atoms with Crippen molar-refractivity contribution in [1.29, 1.82) is 0 Å². The summed E-state index contributed by atoms with van der Waals surface area (Å²) in [4.78, 5) is 9.58. The van der Waals surface area contributed by atoms with E-state index in [9.17, 15) is 23.1 Å². The molecule has 0 fully saturated rings. The van der Waals surface area contributed by atoms with Gasteiger partial charge in [-0.15, -0.1) is 0 Å². The van der Waals surface area contributed by atoms with Gasteiger partial charge in [-0.25, -0.2) is 8.42 Å². The predicted octanol–water partition coefficient (Wildman–Crippen LogP) is -3.48. The van der Waals surface area contributed by atoms with E-state index in [0.29, 0.717) is 0 Å². The zero-order valence-electron chi connectivity index (χ0n) is 8.78. The Bertz CT molecular complexity index is 501. The van der Waals surface area contributed by atoms with E-state index in [1.165, 1.54) is 0 Å². The van der Waals surface area contributed by atoms with Crippen LogP contribution in [0.4, 0.5) is 5.69 Å². The van der Waals surface area contributed by atoms with Crippen LogP contribution in [0.1, 0.15) is 5.56 Å². The van der Waals surface area contributed by atoms with Gasteiger partial charge in [0.15, 0.2) is 0 Å². The number of non-ortho nitro benzene ring substituents is 1. The number of hydrogen-bond acceptors (Lipinski definition) is 6. The monoisotopic (exact) mass is 273 g/mol. The number of hydrogen-bond donors (Lipinski definition) is 1. The molecular weight excluding hydrogens is 265 g/mol. The van der Waals surface area contributed by atoms with Gasteiger partial charge in [-0.3, -0.25) is 10.1 Å². The third kappa shape index (κ3) is 5.96. The first kappa shape index (κ1) is 18.6. The molecule has 0 aliphatic carbocycles. The van der Waals surface area contributed by atoms with E-state index >= 15 is 0 Å². The van der Waals surface area contributed by atoms with Gasteiger partial charge in [0, 0.05) is 17.7 Å². The average Bonchev–Trinajstić information content (AvgIpc) is 2.06. The van der Waals surface area contributed by atoms with Gasteiger partial charge in [0.05, 0.1) is 20.8 Å². The Morgan fingerprint density at radius 1 is 1.35 bits per heavy atom. The minimum atomic E-state index is -4.57. The van der Waals surface area contributed by atoms with Crippen LogP contribution in [-0.2, 0) is 15.9 Å². The van der Waals surface area contributed by atoms with Crippen molar-refractivity contribution in [1.82, 2.24) is 0 Å². The van der Waals surface area contributed by atoms with Crippen LogP contribution in [0, 0.1) is 10.1 Å². The van der Waals surface area contributed by atoms with Gasteiger partial charge in [-0.2, -0.15) is 0 Å². The second-order valence-corrected chi connectivity index (χ2v) is 4.18. The summed E-state index contributed by atoms with van der Waals surface area (Å²) in [6, 6.07) is 2.83. The number of nitrogens with zero attached hydrogens (tertiary/aromatic N) is 1. The molecule has 3 N–H and O–H groups in total.